The van der Waals surface area contributed by atoms with Crippen LogP contribution in [-0.4, -0.2) is 61.2 Å². The van der Waals surface area contributed by atoms with E-state index in [1.807, 2.05) is 62.3 Å². The van der Waals surface area contributed by atoms with Gasteiger partial charge >= 0.3 is 17.9 Å². The van der Waals surface area contributed by atoms with Gasteiger partial charge in [-0.2, -0.15) is 0 Å². The fourth-order valence-electron chi connectivity index (χ4n) is 4.78. The standard InChI is InChI=1S/C32H30N4O7/c1-35(2)20-11-7-18(8-12-20)26-22(17-5-6-17)15-25(29(38)33-26)32(42)43-31(41)23-16-24(30(39)40)28(37)34-27(23)19-9-13-21(14-10-19)36(3)4/h7-17H,5-6H2,1-4H3,(H,33,38)(H,34,37)(H,39,40). The topological polar surface area (TPSA) is 153 Å². The third kappa shape index (κ3) is 5.96. The number of H-pyrrole nitrogens is 2. The third-order valence-electron chi connectivity index (χ3n) is 7.33. The molecule has 4 aromatic rings. The molecular formula is C32H30N4O7. The molecule has 43 heavy (non-hydrogen) atoms. The third-order valence-corrected chi connectivity index (χ3v) is 7.33. The van der Waals surface area contributed by atoms with Crippen LogP contribution in [0.15, 0.2) is 70.3 Å². The number of pyridine rings is 2. The number of aromatic nitrogens is 2. The molecule has 1 aliphatic rings. The zero-order chi connectivity index (χ0) is 31.0. The number of nitrogens with zero attached hydrogens (tertiary/aromatic N) is 2. The van der Waals surface area contributed by atoms with E-state index in [2.05, 4.69) is 9.97 Å². The Bertz CT molecular complexity index is 1850. The lowest BCUT2D eigenvalue weighted by atomic mass is 10.00. The predicted octanol–water partition coefficient (Wildman–Crippen LogP) is 4.10. The monoisotopic (exact) mass is 582 g/mol. The molecule has 2 aromatic heterocycles. The first-order chi connectivity index (χ1) is 20.4. The summed E-state index contributed by atoms with van der Waals surface area (Å²) in [5.41, 5.74) is 1.25. The van der Waals surface area contributed by atoms with E-state index >= 15 is 0 Å². The molecule has 2 heterocycles. The lowest BCUT2D eigenvalue weighted by molar-refractivity contribution is 0.0396. The van der Waals surface area contributed by atoms with Crippen molar-refractivity contribution in [2.75, 3.05) is 38.0 Å². The maximum atomic E-state index is 13.3. The number of aromatic carboxylic acids is 1. The molecule has 0 amide bonds. The number of carbonyl (C=O) groups excluding carboxylic acids is 2. The number of benzene rings is 2. The minimum Gasteiger partial charge on any atom is -0.477 e. The summed E-state index contributed by atoms with van der Waals surface area (Å²) in [6.07, 6.45) is 1.76. The smallest absolute Gasteiger partial charge is 0.351 e. The fourth-order valence-corrected chi connectivity index (χ4v) is 4.78. The molecule has 220 valence electrons. The van der Waals surface area contributed by atoms with E-state index < -0.39 is 34.6 Å². The number of aromatic amines is 2. The van der Waals surface area contributed by atoms with Gasteiger partial charge in [0.25, 0.3) is 11.1 Å². The summed E-state index contributed by atoms with van der Waals surface area (Å²) in [7, 11) is 7.54. The molecule has 0 saturated heterocycles. The Balaban J connectivity index is 1.50. The van der Waals surface area contributed by atoms with Crippen LogP contribution in [0.4, 0.5) is 11.4 Å². The average molecular weight is 583 g/mol. The Morgan fingerprint density at radius 2 is 1.16 bits per heavy atom. The molecule has 1 saturated carbocycles. The largest absolute Gasteiger partial charge is 0.477 e. The molecule has 3 N–H and O–H groups in total. The number of carbonyl (C=O) groups is 3. The van der Waals surface area contributed by atoms with Gasteiger partial charge in [-0.1, -0.05) is 24.3 Å². The summed E-state index contributed by atoms with van der Waals surface area (Å²) in [6, 6.07) is 16.7. The van der Waals surface area contributed by atoms with Gasteiger partial charge in [-0.05, 0) is 71.8 Å². The number of rotatable bonds is 8. The zero-order valence-electron chi connectivity index (χ0n) is 24.1. The molecule has 1 fully saturated rings. The van der Waals surface area contributed by atoms with Crippen LogP contribution in [0.3, 0.4) is 0 Å². The van der Waals surface area contributed by atoms with Crippen molar-refractivity contribution < 1.29 is 24.2 Å². The van der Waals surface area contributed by atoms with Gasteiger partial charge in [0.15, 0.2) is 0 Å². The van der Waals surface area contributed by atoms with Crippen molar-refractivity contribution in [3.63, 3.8) is 0 Å². The van der Waals surface area contributed by atoms with E-state index in [9.17, 15) is 29.1 Å². The van der Waals surface area contributed by atoms with Gasteiger partial charge in [-0.15, -0.1) is 0 Å². The maximum Gasteiger partial charge on any atom is 0.351 e. The molecule has 0 spiro atoms. The summed E-state index contributed by atoms with van der Waals surface area (Å²) >= 11 is 0. The molecule has 11 heteroatoms. The van der Waals surface area contributed by atoms with Crippen molar-refractivity contribution in [3.8, 4) is 22.5 Å². The average Bonchev–Trinajstić information content (AvgIpc) is 3.82. The van der Waals surface area contributed by atoms with Crippen molar-refractivity contribution in [3.05, 3.63) is 104 Å². The minimum absolute atomic E-state index is 0.0257. The fraction of sp³-hybridized carbons (Fsp3) is 0.219. The molecule has 11 nitrogen and oxygen atoms in total. The lowest BCUT2D eigenvalue weighted by Gasteiger charge is -2.15. The van der Waals surface area contributed by atoms with Crippen molar-refractivity contribution in [2.45, 2.75) is 18.8 Å². The first-order valence-electron chi connectivity index (χ1n) is 13.5. The van der Waals surface area contributed by atoms with E-state index in [4.69, 9.17) is 4.74 Å². The molecule has 1 aliphatic carbocycles. The number of carboxylic acids is 1. The van der Waals surface area contributed by atoms with Crippen LogP contribution in [-0.2, 0) is 4.74 Å². The van der Waals surface area contributed by atoms with Gasteiger partial charge < -0.3 is 29.6 Å². The molecule has 0 radical (unpaired) electrons. The van der Waals surface area contributed by atoms with E-state index in [0.29, 0.717) is 11.3 Å². The summed E-state index contributed by atoms with van der Waals surface area (Å²) in [5.74, 6) is -3.83. The second-order valence-corrected chi connectivity index (χ2v) is 10.8. The number of carboxylic acid groups (broad SMARTS) is 1. The van der Waals surface area contributed by atoms with Crippen molar-refractivity contribution >= 4 is 29.3 Å². The molecule has 5 rings (SSSR count). The number of anilines is 2. The van der Waals surface area contributed by atoms with Gasteiger partial charge in [0.1, 0.15) is 11.1 Å². The molecule has 0 unspecified atom stereocenters. The number of ether oxygens (including phenoxy) is 1. The summed E-state index contributed by atoms with van der Waals surface area (Å²) in [4.78, 5) is 72.8. The highest BCUT2D eigenvalue weighted by Crippen LogP contribution is 2.44. The molecule has 0 atom stereocenters. The van der Waals surface area contributed by atoms with Crippen LogP contribution in [0, 0.1) is 0 Å². The van der Waals surface area contributed by atoms with Gasteiger partial charge in [0, 0.05) is 39.6 Å². The van der Waals surface area contributed by atoms with E-state index in [1.54, 1.807) is 24.3 Å². The van der Waals surface area contributed by atoms with Crippen LogP contribution < -0.4 is 20.9 Å². The van der Waals surface area contributed by atoms with Gasteiger partial charge in [0.05, 0.1) is 17.0 Å². The predicted molar refractivity (Wildman–Crippen MR) is 162 cm³/mol. The normalized spacial score (nSPS) is 12.5. The highest BCUT2D eigenvalue weighted by atomic mass is 16.6. The SMILES string of the molecule is CN(C)c1ccc(-c2[nH]c(=O)c(C(=O)O)cc2C(=O)OC(=O)c2cc(C3CC3)c(-c3ccc(N(C)C)cc3)[nH]c2=O)cc1. The van der Waals surface area contributed by atoms with Crippen molar-refractivity contribution in [1.82, 2.24) is 9.97 Å². The number of nitrogens with one attached hydrogen (secondary N) is 2. The molecular weight excluding hydrogens is 552 g/mol. The highest BCUT2D eigenvalue weighted by Gasteiger charge is 2.30. The second-order valence-electron chi connectivity index (χ2n) is 10.8. The van der Waals surface area contributed by atoms with Crippen molar-refractivity contribution in [1.29, 1.82) is 0 Å². The summed E-state index contributed by atoms with van der Waals surface area (Å²) in [5, 5.41) is 9.49. The quantitative estimate of drug-likeness (QED) is 0.206. The summed E-state index contributed by atoms with van der Waals surface area (Å²) in [6.45, 7) is 0. The van der Waals surface area contributed by atoms with Gasteiger partial charge in [-0.25, -0.2) is 14.4 Å². The highest BCUT2D eigenvalue weighted by molar-refractivity contribution is 6.06. The Labute approximate surface area is 246 Å². The van der Waals surface area contributed by atoms with E-state index in [0.717, 1.165) is 41.4 Å². The lowest BCUT2D eigenvalue weighted by Crippen LogP contribution is -2.25. The Morgan fingerprint density at radius 3 is 1.65 bits per heavy atom. The zero-order valence-corrected chi connectivity index (χ0v) is 24.1. The number of hydrogen-bond acceptors (Lipinski definition) is 8. The van der Waals surface area contributed by atoms with E-state index in [-0.39, 0.29) is 22.7 Å². The van der Waals surface area contributed by atoms with Crippen LogP contribution in [0.25, 0.3) is 22.5 Å². The maximum absolute atomic E-state index is 13.3. The summed E-state index contributed by atoms with van der Waals surface area (Å²) < 4.78 is 5.12. The van der Waals surface area contributed by atoms with E-state index in [1.165, 1.54) is 6.07 Å². The van der Waals surface area contributed by atoms with Gasteiger partial charge in [0.2, 0.25) is 0 Å². The first kappa shape index (κ1) is 29.1. The molecule has 2 aromatic carbocycles. The van der Waals surface area contributed by atoms with Crippen LogP contribution in [0.5, 0.6) is 0 Å². The minimum atomic E-state index is -1.56. The molecule has 0 bridgehead atoms. The molecule has 0 aliphatic heterocycles. The number of hydrogen-bond donors (Lipinski definition) is 3. The van der Waals surface area contributed by atoms with Gasteiger partial charge in [-0.3, -0.25) is 9.59 Å². The second kappa shape index (κ2) is 11.4. The van der Waals surface area contributed by atoms with Crippen LogP contribution in [0.1, 0.15) is 55.4 Å². The van der Waals surface area contributed by atoms with Crippen LogP contribution >= 0.6 is 0 Å². The Hall–Kier alpha value is -5.45. The van der Waals surface area contributed by atoms with Crippen LogP contribution in [0.2, 0.25) is 0 Å². The van der Waals surface area contributed by atoms with Crippen molar-refractivity contribution in [2.24, 2.45) is 0 Å². The Kier molecular flexibility index (Phi) is 7.73. The number of esters is 2. The Morgan fingerprint density at radius 1 is 0.698 bits per heavy atom. The first-order valence-corrected chi connectivity index (χ1v) is 13.5.